The van der Waals surface area contributed by atoms with Crippen molar-refractivity contribution in [2.24, 2.45) is 0 Å². The van der Waals surface area contributed by atoms with E-state index in [0.29, 0.717) is 17.4 Å². The highest BCUT2D eigenvalue weighted by atomic mass is 16.7. The number of unbranched alkanes of at least 4 members (excludes halogenated alkanes) is 27. The minimum absolute atomic E-state index is 0.144. The van der Waals surface area contributed by atoms with E-state index >= 15 is 0 Å². The minimum Gasteiger partial charge on any atom is -0.545 e. The lowest BCUT2D eigenvalue weighted by Crippen LogP contribution is -2.44. The van der Waals surface area contributed by atoms with E-state index < -0.39 is 24.3 Å². The van der Waals surface area contributed by atoms with Crippen molar-refractivity contribution in [2.75, 3.05) is 47.5 Å². The number of hydrogen-bond donors (Lipinski definition) is 0. The zero-order valence-electron chi connectivity index (χ0n) is 51.0. The number of quaternary nitrogens is 1. The van der Waals surface area contributed by atoms with E-state index in [9.17, 15) is 19.5 Å². The maximum absolute atomic E-state index is 12.9. The van der Waals surface area contributed by atoms with Crippen LogP contribution in [0.3, 0.4) is 0 Å². The van der Waals surface area contributed by atoms with Crippen molar-refractivity contribution < 1.29 is 42.9 Å². The van der Waals surface area contributed by atoms with Crippen LogP contribution in [0.15, 0.2) is 97.2 Å². The lowest BCUT2D eigenvalue weighted by Gasteiger charge is -2.26. The summed E-state index contributed by atoms with van der Waals surface area (Å²) < 4.78 is 22.7. The van der Waals surface area contributed by atoms with Crippen LogP contribution in [0, 0.1) is 0 Å². The van der Waals surface area contributed by atoms with E-state index in [0.717, 1.165) is 103 Å². The number of carbonyl (C=O) groups is 3. The van der Waals surface area contributed by atoms with Crippen LogP contribution in [0.1, 0.15) is 264 Å². The molecular formula is C69H119NO8. The van der Waals surface area contributed by atoms with Crippen LogP contribution in [0.25, 0.3) is 0 Å². The summed E-state index contributed by atoms with van der Waals surface area (Å²) in [4.78, 5) is 37.3. The SMILES string of the molecule is CC/C=C\C/C=C\C/C=C\C/C=C\C/C=C\C/C=C\CCCCCCCCCCCCCCCCCCCCCCC(=O)OC(COC(=O)CCCCCCC/C=C\C/C=C\CCCC)COC(OCC[N+](C)(C)C)C(=O)[O-]. The third-order valence-electron chi connectivity index (χ3n) is 13.6. The topological polar surface area (TPSA) is 111 Å². The Morgan fingerprint density at radius 3 is 1.09 bits per heavy atom. The van der Waals surface area contributed by atoms with Gasteiger partial charge in [-0.25, -0.2) is 0 Å². The molecule has 78 heavy (non-hydrogen) atoms. The molecule has 0 aromatic carbocycles. The molecule has 448 valence electrons. The monoisotopic (exact) mass is 1090 g/mol. The van der Waals surface area contributed by atoms with E-state index in [1.807, 2.05) is 21.1 Å². The lowest BCUT2D eigenvalue weighted by atomic mass is 10.0. The molecule has 2 atom stereocenters. The van der Waals surface area contributed by atoms with Gasteiger partial charge in [-0.1, -0.05) is 259 Å². The van der Waals surface area contributed by atoms with Crippen LogP contribution in [0.5, 0.6) is 0 Å². The number of hydrogen-bond acceptors (Lipinski definition) is 8. The maximum atomic E-state index is 12.9. The van der Waals surface area contributed by atoms with Crippen LogP contribution < -0.4 is 5.11 Å². The number of ether oxygens (including phenoxy) is 4. The number of carboxylic acids is 1. The Labute approximate surface area is 480 Å². The third kappa shape index (κ3) is 59.9. The average Bonchev–Trinajstić information content (AvgIpc) is 3.41. The summed E-state index contributed by atoms with van der Waals surface area (Å²) in [5.74, 6) is -2.30. The number of allylic oxidation sites excluding steroid dienone is 16. The zero-order chi connectivity index (χ0) is 56.9. The fraction of sp³-hybridized carbons (Fsp3) is 0.725. The number of rotatable bonds is 58. The highest BCUT2D eigenvalue weighted by Crippen LogP contribution is 2.17. The van der Waals surface area contributed by atoms with Gasteiger partial charge in [0, 0.05) is 12.8 Å². The van der Waals surface area contributed by atoms with Crippen molar-refractivity contribution in [3.8, 4) is 0 Å². The lowest BCUT2D eigenvalue weighted by molar-refractivity contribution is -0.870. The molecule has 0 heterocycles. The Hall–Kier alpha value is -3.79. The number of likely N-dealkylation sites (N-methyl/N-ethyl adjacent to an activating group) is 1. The summed E-state index contributed by atoms with van der Waals surface area (Å²) in [6.07, 6.45) is 77.7. The molecule has 0 N–H and O–H groups in total. The molecule has 0 amide bonds. The van der Waals surface area contributed by atoms with Crippen molar-refractivity contribution in [1.29, 1.82) is 0 Å². The molecule has 0 saturated carbocycles. The summed E-state index contributed by atoms with van der Waals surface area (Å²) in [7, 11) is 5.92. The second-order valence-electron chi connectivity index (χ2n) is 22.3. The van der Waals surface area contributed by atoms with Gasteiger partial charge in [-0.2, -0.15) is 0 Å². The van der Waals surface area contributed by atoms with Crippen molar-refractivity contribution in [2.45, 2.75) is 277 Å². The number of aliphatic carboxylic acids is 1. The average molecular weight is 1090 g/mol. The standard InChI is InChI=1S/C69H119NO8/c1-6-8-10-12-14-16-18-20-22-23-24-25-26-27-28-29-30-31-32-33-34-35-36-37-38-39-40-41-42-43-44-45-46-48-50-52-54-56-58-60-67(72)78-65(64-77-69(68(73)74)75-62-61-70(3,4)5)63-76-66(71)59-57-55-53-51-49-47-21-19-17-15-13-11-9-7-2/h8,10,13-16,19-22,24-25,27-28,30-31,65,69H,6-7,9,11-12,17-18,23,26,29,32-64H2,1-5H3/b10-8-,15-13-,16-14-,21-19-,22-20-,25-24-,28-27-,31-30-. The number of carboxylic acid groups (broad SMARTS) is 1. The van der Waals surface area contributed by atoms with Crippen molar-refractivity contribution >= 4 is 17.9 Å². The molecule has 0 aliphatic carbocycles. The third-order valence-corrected chi connectivity index (χ3v) is 13.6. The molecule has 0 bridgehead atoms. The van der Waals surface area contributed by atoms with Gasteiger partial charge in [0.1, 0.15) is 13.2 Å². The van der Waals surface area contributed by atoms with E-state index in [2.05, 4.69) is 111 Å². The van der Waals surface area contributed by atoms with Crippen LogP contribution in [0.2, 0.25) is 0 Å². The second-order valence-corrected chi connectivity index (χ2v) is 22.3. The van der Waals surface area contributed by atoms with Crippen LogP contribution in [-0.2, 0) is 33.3 Å². The molecule has 0 fully saturated rings. The Morgan fingerprint density at radius 1 is 0.397 bits per heavy atom. The predicted molar refractivity (Wildman–Crippen MR) is 329 cm³/mol. The molecule has 9 nitrogen and oxygen atoms in total. The largest absolute Gasteiger partial charge is 0.545 e. The van der Waals surface area contributed by atoms with Gasteiger partial charge in [0.15, 0.2) is 12.4 Å². The van der Waals surface area contributed by atoms with E-state index in [1.165, 1.54) is 128 Å². The second kappa shape index (κ2) is 59.3. The molecule has 0 spiro atoms. The number of carbonyl (C=O) groups excluding carboxylic acids is 3. The summed E-state index contributed by atoms with van der Waals surface area (Å²) in [5.41, 5.74) is 0. The van der Waals surface area contributed by atoms with Gasteiger partial charge in [-0.3, -0.25) is 9.59 Å². The number of nitrogens with zero attached hydrogens (tertiary/aromatic N) is 1. The van der Waals surface area contributed by atoms with Crippen LogP contribution in [0.4, 0.5) is 0 Å². The summed E-state index contributed by atoms with van der Waals surface area (Å²) >= 11 is 0. The first-order chi connectivity index (χ1) is 38.1. The molecule has 0 rings (SSSR count). The smallest absolute Gasteiger partial charge is 0.306 e. The highest BCUT2D eigenvalue weighted by Gasteiger charge is 2.22. The van der Waals surface area contributed by atoms with Gasteiger partial charge in [0.2, 0.25) is 0 Å². The zero-order valence-corrected chi connectivity index (χ0v) is 51.0. The summed E-state index contributed by atoms with van der Waals surface area (Å²) in [6, 6.07) is 0. The van der Waals surface area contributed by atoms with Gasteiger partial charge in [0.25, 0.3) is 0 Å². The molecule has 2 unspecified atom stereocenters. The van der Waals surface area contributed by atoms with Gasteiger partial charge >= 0.3 is 11.9 Å². The fourth-order valence-electron chi connectivity index (χ4n) is 8.68. The summed E-state index contributed by atoms with van der Waals surface area (Å²) in [5, 5.41) is 11.8. The van der Waals surface area contributed by atoms with E-state index in [4.69, 9.17) is 18.9 Å². The van der Waals surface area contributed by atoms with Crippen molar-refractivity contribution in [3.05, 3.63) is 97.2 Å². The predicted octanol–water partition coefficient (Wildman–Crippen LogP) is 18.0. The molecule has 9 heteroatoms. The molecule has 0 aromatic heterocycles. The van der Waals surface area contributed by atoms with Crippen LogP contribution in [-0.4, -0.2) is 82.3 Å². The van der Waals surface area contributed by atoms with Crippen molar-refractivity contribution in [1.82, 2.24) is 0 Å². The Bertz CT molecular complexity index is 1600. The Kier molecular flexibility index (Phi) is 56.5. The minimum atomic E-state index is -1.63. The maximum Gasteiger partial charge on any atom is 0.306 e. The van der Waals surface area contributed by atoms with Crippen molar-refractivity contribution in [3.63, 3.8) is 0 Å². The molecule has 0 aliphatic heterocycles. The van der Waals surface area contributed by atoms with E-state index in [-0.39, 0.29) is 38.6 Å². The molecule has 0 aromatic rings. The summed E-state index contributed by atoms with van der Waals surface area (Å²) in [6.45, 7) is 4.58. The first-order valence-electron chi connectivity index (χ1n) is 31.9. The van der Waals surface area contributed by atoms with Gasteiger partial charge in [-0.05, 0) is 89.9 Å². The fourth-order valence-corrected chi connectivity index (χ4v) is 8.68. The Balaban J connectivity index is 4.01. The van der Waals surface area contributed by atoms with E-state index in [1.54, 1.807) is 0 Å². The normalized spacial score (nSPS) is 13.4. The Morgan fingerprint density at radius 2 is 0.731 bits per heavy atom. The first kappa shape index (κ1) is 74.2. The molecule has 0 aliphatic rings. The molecular weight excluding hydrogens is 971 g/mol. The molecule has 0 radical (unpaired) electrons. The van der Waals surface area contributed by atoms with Gasteiger partial charge < -0.3 is 33.3 Å². The number of esters is 2. The quantitative estimate of drug-likeness (QED) is 0.0195. The highest BCUT2D eigenvalue weighted by molar-refractivity contribution is 5.70. The van der Waals surface area contributed by atoms with Gasteiger partial charge in [-0.15, -0.1) is 0 Å². The van der Waals surface area contributed by atoms with Gasteiger partial charge in [0.05, 0.1) is 40.3 Å². The first-order valence-corrected chi connectivity index (χ1v) is 31.9. The molecule has 0 saturated heterocycles. The van der Waals surface area contributed by atoms with Crippen LogP contribution >= 0.6 is 0 Å².